The van der Waals surface area contributed by atoms with Crippen molar-refractivity contribution in [2.24, 2.45) is 5.92 Å². The molecule has 0 unspecified atom stereocenters. The van der Waals surface area contributed by atoms with Crippen LogP contribution in [0, 0.1) is 16.0 Å². The summed E-state index contributed by atoms with van der Waals surface area (Å²) < 4.78 is 4.94. The maximum atomic E-state index is 12.4. The van der Waals surface area contributed by atoms with E-state index in [0.717, 1.165) is 0 Å². The van der Waals surface area contributed by atoms with Gasteiger partial charge >= 0.3 is 5.97 Å². The summed E-state index contributed by atoms with van der Waals surface area (Å²) in [5.74, 6) is -0.152. The van der Waals surface area contributed by atoms with Crippen LogP contribution in [0.3, 0.4) is 0 Å². The largest absolute Gasteiger partial charge is 0.466 e. The second kappa shape index (κ2) is 7.60. The Kier molecular flexibility index (Phi) is 5.73. The molecule has 2 rings (SSSR count). The van der Waals surface area contributed by atoms with E-state index in [0.29, 0.717) is 34.4 Å². The van der Waals surface area contributed by atoms with Gasteiger partial charge in [-0.2, -0.15) is 0 Å². The summed E-state index contributed by atoms with van der Waals surface area (Å²) in [6.07, 6.45) is 0. The SMILES string of the molecule is COC(=O)C1=C(C)N(CC(C)C)C(=S)N[C@H]1c1cccc([N+](=O)[O-])c1. The number of esters is 1. The molecule has 7 nitrogen and oxygen atoms in total. The Morgan fingerprint density at radius 2 is 2.16 bits per heavy atom. The fourth-order valence-electron chi connectivity index (χ4n) is 2.81. The Labute approximate surface area is 151 Å². The lowest BCUT2D eigenvalue weighted by atomic mass is 9.94. The number of benzene rings is 1. The van der Waals surface area contributed by atoms with Gasteiger partial charge in [-0.3, -0.25) is 10.1 Å². The Morgan fingerprint density at radius 3 is 2.72 bits per heavy atom. The van der Waals surface area contributed by atoms with Crippen LogP contribution in [0.5, 0.6) is 0 Å². The Morgan fingerprint density at radius 1 is 1.48 bits per heavy atom. The molecule has 0 amide bonds. The molecule has 0 bridgehead atoms. The van der Waals surface area contributed by atoms with Gasteiger partial charge in [0.05, 0.1) is 23.6 Å². The van der Waals surface area contributed by atoms with Crippen molar-refractivity contribution in [1.82, 2.24) is 10.2 Å². The number of nitro benzene ring substituents is 1. The predicted molar refractivity (Wildman–Crippen MR) is 97.8 cm³/mol. The molecule has 1 atom stereocenters. The molecule has 25 heavy (non-hydrogen) atoms. The van der Waals surface area contributed by atoms with Gasteiger partial charge in [-0.15, -0.1) is 0 Å². The first-order valence-electron chi connectivity index (χ1n) is 7.87. The van der Waals surface area contributed by atoms with E-state index >= 15 is 0 Å². The summed E-state index contributed by atoms with van der Waals surface area (Å²) >= 11 is 5.45. The van der Waals surface area contributed by atoms with Crippen molar-refractivity contribution >= 4 is 29.0 Å². The highest BCUT2D eigenvalue weighted by atomic mass is 32.1. The van der Waals surface area contributed by atoms with Crippen LogP contribution in [0.25, 0.3) is 0 Å². The van der Waals surface area contributed by atoms with E-state index in [1.165, 1.54) is 19.2 Å². The number of carbonyl (C=O) groups is 1. The zero-order chi connectivity index (χ0) is 18.7. The monoisotopic (exact) mass is 363 g/mol. The quantitative estimate of drug-likeness (QED) is 0.373. The summed E-state index contributed by atoms with van der Waals surface area (Å²) in [5.41, 5.74) is 1.63. The molecule has 1 aromatic rings. The van der Waals surface area contributed by atoms with E-state index in [9.17, 15) is 14.9 Å². The first-order chi connectivity index (χ1) is 11.8. The number of hydrogen-bond donors (Lipinski definition) is 1. The van der Waals surface area contributed by atoms with Crippen LogP contribution < -0.4 is 5.32 Å². The molecule has 0 fully saturated rings. The molecule has 1 aromatic carbocycles. The van der Waals surface area contributed by atoms with Crippen LogP contribution in [0.2, 0.25) is 0 Å². The van der Waals surface area contributed by atoms with Crippen molar-refractivity contribution in [3.63, 3.8) is 0 Å². The van der Waals surface area contributed by atoms with Crippen LogP contribution in [-0.4, -0.2) is 34.6 Å². The number of nitro groups is 1. The van der Waals surface area contributed by atoms with Gasteiger partial charge in [-0.1, -0.05) is 26.0 Å². The second-order valence-corrected chi connectivity index (χ2v) is 6.62. The van der Waals surface area contributed by atoms with Crippen molar-refractivity contribution in [3.8, 4) is 0 Å². The molecule has 1 heterocycles. The molecule has 0 spiro atoms. The van der Waals surface area contributed by atoms with Gasteiger partial charge in [0.15, 0.2) is 5.11 Å². The van der Waals surface area contributed by atoms with E-state index in [1.807, 2.05) is 11.8 Å². The molecule has 0 radical (unpaired) electrons. The zero-order valence-corrected chi connectivity index (χ0v) is 15.4. The average Bonchev–Trinajstić information content (AvgIpc) is 2.57. The highest BCUT2D eigenvalue weighted by molar-refractivity contribution is 7.80. The van der Waals surface area contributed by atoms with Gasteiger partial charge in [0.2, 0.25) is 0 Å². The molecular weight excluding hydrogens is 342 g/mol. The molecular formula is C17H21N3O4S. The first-order valence-corrected chi connectivity index (χ1v) is 8.28. The van der Waals surface area contributed by atoms with Crippen molar-refractivity contribution in [2.45, 2.75) is 26.8 Å². The average molecular weight is 363 g/mol. The smallest absolute Gasteiger partial charge is 0.337 e. The van der Waals surface area contributed by atoms with Crippen LogP contribution >= 0.6 is 12.2 Å². The lowest BCUT2D eigenvalue weighted by molar-refractivity contribution is -0.384. The third-order valence-electron chi connectivity index (χ3n) is 3.96. The number of methoxy groups -OCH3 is 1. The zero-order valence-electron chi connectivity index (χ0n) is 14.6. The number of allylic oxidation sites excluding steroid dienone is 1. The number of ether oxygens (including phenoxy) is 1. The van der Waals surface area contributed by atoms with Crippen molar-refractivity contribution in [3.05, 3.63) is 51.2 Å². The standard InChI is InChI=1S/C17H21N3O4S/c1-10(2)9-19-11(3)14(16(21)24-4)15(18-17(19)25)12-6-5-7-13(8-12)20(22)23/h5-8,10,15H,9H2,1-4H3,(H,18,25)/t15-/m0/s1. The van der Waals surface area contributed by atoms with E-state index in [2.05, 4.69) is 19.2 Å². The van der Waals surface area contributed by atoms with Crippen LogP contribution in [0.15, 0.2) is 35.5 Å². The number of nitrogens with one attached hydrogen (secondary N) is 1. The third kappa shape index (κ3) is 3.96. The summed E-state index contributed by atoms with van der Waals surface area (Å²) in [7, 11) is 1.31. The Balaban J connectivity index is 2.55. The van der Waals surface area contributed by atoms with E-state index in [-0.39, 0.29) is 5.69 Å². The second-order valence-electron chi connectivity index (χ2n) is 6.23. The molecule has 1 N–H and O–H groups in total. The van der Waals surface area contributed by atoms with Crippen LogP contribution in [0.4, 0.5) is 5.69 Å². The number of hydrogen-bond acceptors (Lipinski definition) is 5. The number of non-ortho nitro benzene ring substituents is 1. The normalized spacial score (nSPS) is 17.6. The molecule has 0 aromatic heterocycles. The highest BCUT2D eigenvalue weighted by Gasteiger charge is 2.35. The molecule has 0 aliphatic carbocycles. The minimum absolute atomic E-state index is 0.0447. The van der Waals surface area contributed by atoms with Crippen LogP contribution in [-0.2, 0) is 9.53 Å². The lowest BCUT2D eigenvalue weighted by Crippen LogP contribution is -2.48. The number of carbonyl (C=O) groups excluding carboxylic acids is 1. The van der Waals surface area contributed by atoms with Gasteiger partial charge in [0.1, 0.15) is 0 Å². The topological polar surface area (TPSA) is 84.7 Å². The fourth-order valence-corrected chi connectivity index (χ4v) is 3.14. The molecule has 134 valence electrons. The third-order valence-corrected chi connectivity index (χ3v) is 4.30. The predicted octanol–water partition coefficient (Wildman–Crippen LogP) is 2.93. The summed E-state index contributed by atoms with van der Waals surface area (Å²) in [6.45, 7) is 6.58. The van der Waals surface area contributed by atoms with Crippen LogP contribution in [0.1, 0.15) is 32.4 Å². The minimum Gasteiger partial charge on any atom is -0.466 e. The molecule has 1 aliphatic rings. The van der Waals surface area contributed by atoms with Crippen molar-refractivity contribution in [2.75, 3.05) is 13.7 Å². The van der Waals surface area contributed by atoms with Crippen molar-refractivity contribution in [1.29, 1.82) is 0 Å². The molecule has 0 saturated heterocycles. The van der Waals surface area contributed by atoms with E-state index < -0.39 is 16.9 Å². The maximum absolute atomic E-state index is 12.4. The van der Waals surface area contributed by atoms with Gasteiger partial charge < -0.3 is 15.0 Å². The fraction of sp³-hybridized carbons (Fsp3) is 0.412. The van der Waals surface area contributed by atoms with Crippen molar-refractivity contribution < 1.29 is 14.5 Å². The highest BCUT2D eigenvalue weighted by Crippen LogP contribution is 2.33. The number of rotatable bonds is 5. The van der Waals surface area contributed by atoms with Gasteiger partial charge in [0, 0.05) is 24.4 Å². The van der Waals surface area contributed by atoms with E-state index in [1.54, 1.807) is 12.1 Å². The number of nitrogens with zero attached hydrogens (tertiary/aromatic N) is 2. The Bertz CT molecular complexity index is 745. The summed E-state index contributed by atoms with van der Waals surface area (Å²) in [4.78, 5) is 24.8. The summed E-state index contributed by atoms with van der Waals surface area (Å²) in [5, 5.41) is 14.7. The van der Waals surface area contributed by atoms with E-state index in [4.69, 9.17) is 17.0 Å². The molecule has 0 saturated carbocycles. The summed E-state index contributed by atoms with van der Waals surface area (Å²) in [6, 6.07) is 5.56. The molecule has 8 heteroatoms. The van der Waals surface area contributed by atoms with Gasteiger partial charge in [-0.25, -0.2) is 4.79 Å². The number of thiocarbonyl (C=S) groups is 1. The molecule has 1 aliphatic heterocycles. The maximum Gasteiger partial charge on any atom is 0.337 e. The van der Waals surface area contributed by atoms with Gasteiger partial charge in [0.25, 0.3) is 5.69 Å². The minimum atomic E-state index is -0.594. The van der Waals surface area contributed by atoms with Gasteiger partial charge in [-0.05, 0) is 30.6 Å². The Hall–Kier alpha value is -2.48. The lowest BCUT2D eigenvalue weighted by Gasteiger charge is -2.38. The first kappa shape index (κ1) is 18.9.